The molecule has 0 unspecified atom stereocenters. The zero-order chi connectivity index (χ0) is 23.8. The van der Waals surface area contributed by atoms with Gasteiger partial charge in [-0.3, -0.25) is 14.9 Å². The van der Waals surface area contributed by atoms with Gasteiger partial charge in [0.15, 0.2) is 9.84 Å². The first-order valence-corrected chi connectivity index (χ1v) is 13.7. The molecule has 9 nitrogen and oxygen atoms in total. The normalized spacial score (nSPS) is 11.6. The minimum atomic E-state index is -3.76. The molecule has 12 heteroatoms. The summed E-state index contributed by atoms with van der Waals surface area (Å²) in [5.41, 5.74) is -0.314. The SMILES string of the molecule is CCS(=O)(=O)c1cc([N+](=O)[O-])c(C(=O)N(C)CCCN(C)C)cc1N(CCBr)CCBr. The van der Waals surface area contributed by atoms with Crippen LogP contribution < -0.4 is 4.90 Å². The maximum Gasteiger partial charge on any atom is 0.283 e. The summed E-state index contributed by atoms with van der Waals surface area (Å²) in [6, 6.07) is 2.39. The molecule has 0 N–H and O–H groups in total. The van der Waals surface area contributed by atoms with Gasteiger partial charge >= 0.3 is 0 Å². The molecule has 0 aliphatic carbocycles. The van der Waals surface area contributed by atoms with Crippen molar-refractivity contribution in [1.82, 2.24) is 9.80 Å². The van der Waals surface area contributed by atoms with Crippen LogP contribution in [0, 0.1) is 10.1 Å². The molecule has 1 aromatic rings. The number of sulfone groups is 1. The van der Waals surface area contributed by atoms with Crippen LogP contribution in [-0.4, -0.2) is 92.8 Å². The van der Waals surface area contributed by atoms with Crippen molar-refractivity contribution < 1.29 is 18.1 Å². The first-order chi connectivity index (χ1) is 14.5. The van der Waals surface area contributed by atoms with Crippen molar-refractivity contribution in [3.05, 3.63) is 27.8 Å². The molecule has 1 aromatic carbocycles. The van der Waals surface area contributed by atoms with Gasteiger partial charge in [-0.05, 0) is 33.1 Å². The molecule has 0 aliphatic rings. The van der Waals surface area contributed by atoms with E-state index in [0.29, 0.717) is 42.4 Å². The fraction of sp³-hybridized carbons (Fsp3) is 0.632. The van der Waals surface area contributed by atoms with Gasteiger partial charge in [-0.1, -0.05) is 38.8 Å². The van der Waals surface area contributed by atoms with Crippen LogP contribution in [0.5, 0.6) is 0 Å². The van der Waals surface area contributed by atoms with Gasteiger partial charge in [-0.2, -0.15) is 0 Å². The molecular formula is C19H30Br2N4O5S. The van der Waals surface area contributed by atoms with Crippen LogP contribution in [0.25, 0.3) is 0 Å². The van der Waals surface area contributed by atoms with Gasteiger partial charge in [0.2, 0.25) is 0 Å². The standard InChI is InChI=1S/C19H30Br2N4O5S/c1-5-31(29,30)18-14-16(25(27)28)15(13-17(18)24(11-7-20)12-8-21)19(26)23(4)10-6-9-22(2)3/h13-14H,5-12H2,1-4H3. The average Bonchev–Trinajstić information content (AvgIpc) is 2.71. The highest BCUT2D eigenvalue weighted by Crippen LogP contribution is 2.34. The third-order valence-corrected chi connectivity index (χ3v) is 7.18. The van der Waals surface area contributed by atoms with Crippen LogP contribution >= 0.6 is 31.9 Å². The number of nitro benzene ring substituents is 1. The summed E-state index contributed by atoms with van der Waals surface area (Å²) in [6.07, 6.45) is 0.706. The first-order valence-electron chi connectivity index (χ1n) is 9.82. The lowest BCUT2D eigenvalue weighted by molar-refractivity contribution is -0.385. The van der Waals surface area contributed by atoms with E-state index in [1.165, 1.54) is 17.9 Å². The molecule has 31 heavy (non-hydrogen) atoms. The maximum atomic E-state index is 13.1. The molecule has 0 aromatic heterocycles. The number of rotatable bonds is 13. The van der Waals surface area contributed by atoms with Crippen molar-refractivity contribution in [1.29, 1.82) is 0 Å². The predicted molar refractivity (Wildman–Crippen MR) is 131 cm³/mol. The smallest absolute Gasteiger partial charge is 0.283 e. The number of carbonyl (C=O) groups is 1. The van der Waals surface area contributed by atoms with Crippen LogP contribution in [0.3, 0.4) is 0 Å². The topological polar surface area (TPSA) is 104 Å². The van der Waals surface area contributed by atoms with Gasteiger partial charge in [-0.25, -0.2) is 8.42 Å². The van der Waals surface area contributed by atoms with Crippen LogP contribution in [0.4, 0.5) is 11.4 Å². The van der Waals surface area contributed by atoms with Gasteiger partial charge in [-0.15, -0.1) is 0 Å². The van der Waals surface area contributed by atoms with Gasteiger partial charge in [0.25, 0.3) is 11.6 Å². The Morgan fingerprint density at radius 1 is 1.06 bits per heavy atom. The summed E-state index contributed by atoms with van der Waals surface area (Å²) in [6.45, 7) is 3.62. The number of anilines is 1. The van der Waals surface area contributed by atoms with Crippen LogP contribution in [-0.2, 0) is 9.84 Å². The number of amides is 1. The van der Waals surface area contributed by atoms with Crippen molar-refractivity contribution >= 4 is 59.0 Å². The molecule has 0 saturated heterocycles. The van der Waals surface area contributed by atoms with E-state index in [9.17, 15) is 23.3 Å². The summed E-state index contributed by atoms with van der Waals surface area (Å²) in [4.78, 5) is 29.2. The van der Waals surface area contributed by atoms with Crippen LogP contribution in [0.2, 0.25) is 0 Å². The summed E-state index contributed by atoms with van der Waals surface area (Å²) in [7, 11) is 1.68. The van der Waals surface area contributed by atoms with Gasteiger partial charge < -0.3 is 14.7 Å². The van der Waals surface area contributed by atoms with E-state index >= 15 is 0 Å². The Hall–Kier alpha value is -1.24. The number of nitrogens with zero attached hydrogens (tertiary/aromatic N) is 4. The minimum absolute atomic E-state index is 0.114. The van der Waals surface area contributed by atoms with Gasteiger partial charge in [0, 0.05) is 43.4 Å². The molecule has 0 atom stereocenters. The van der Waals surface area contributed by atoms with Gasteiger partial charge in [0.05, 0.1) is 21.3 Å². The zero-order valence-electron chi connectivity index (χ0n) is 18.3. The largest absolute Gasteiger partial charge is 0.369 e. The van der Waals surface area contributed by atoms with Crippen molar-refractivity contribution in [3.8, 4) is 0 Å². The number of halogens is 2. The third kappa shape index (κ3) is 7.69. The van der Waals surface area contributed by atoms with Crippen LogP contribution in [0.1, 0.15) is 23.7 Å². The molecule has 0 saturated carbocycles. The highest BCUT2D eigenvalue weighted by molar-refractivity contribution is 9.09. The van der Waals surface area contributed by atoms with Gasteiger partial charge in [0.1, 0.15) is 5.56 Å². The molecule has 0 aliphatic heterocycles. The Morgan fingerprint density at radius 3 is 2.10 bits per heavy atom. The number of nitro groups is 1. The number of carbonyl (C=O) groups excluding carboxylic acids is 1. The van der Waals surface area contributed by atoms with E-state index in [4.69, 9.17) is 0 Å². The van der Waals surface area contributed by atoms with E-state index in [2.05, 4.69) is 31.9 Å². The monoisotopic (exact) mass is 584 g/mol. The van der Waals surface area contributed by atoms with E-state index in [1.54, 1.807) is 11.9 Å². The lowest BCUT2D eigenvalue weighted by atomic mass is 10.1. The molecule has 0 spiro atoms. The predicted octanol–water partition coefficient (Wildman–Crippen LogP) is 3.01. The van der Waals surface area contributed by atoms with Crippen molar-refractivity contribution in [2.45, 2.75) is 18.2 Å². The second-order valence-electron chi connectivity index (χ2n) is 7.25. The lowest BCUT2D eigenvalue weighted by Gasteiger charge is -2.27. The Labute approximate surface area is 201 Å². The summed E-state index contributed by atoms with van der Waals surface area (Å²) in [5, 5.41) is 12.9. The Balaban J connectivity index is 3.61. The Kier molecular flexibility index (Phi) is 11.4. The lowest BCUT2D eigenvalue weighted by Crippen LogP contribution is -2.32. The first kappa shape index (κ1) is 27.8. The minimum Gasteiger partial charge on any atom is -0.369 e. The Morgan fingerprint density at radius 2 is 1.65 bits per heavy atom. The quantitative estimate of drug-likeness (QED) is 0.199. The van der Waals surface area contributed by atoms with Crippen molar-refractivity contribution in [2.75, 3.05) is 68.6 Å². The second-order valence-corrected chi connectivity index (χ2v) is 11.1. The zero-order valence-corrected chi connectivity index (χ0v) is 22.3. The third-order valence-electron chi connectivity index (χ3n) is 4.71. The molecule has 0 fully saturated rings. The fourth-order valence-corrected chi connectivity index (χ4v) is 4.98. The molecule has 0 radical (unpaired) electrons. The maximum absolute atomic E-state index is 13.1. The Bertz CT molecular complexity index is 874. The van der Waals surface area contributed by atoms with E-state index in [-0.39, 0.29) is 16.2 Å². The van der Waals surface area contributed by atoms with Crippen LogP contribution in [0.15, 0.2) is 17.0 Å². The number of benzene rings is 1. The highest BCUT2D eigenvalue weighted by atomic mass is 79.9. The summed E-state index contributed by atoms with van der Waals surface area (Å²) in [5.74, 6) is -0.712. The van der Waals surface area contributed by atoms with Crippen molar-refractivity contribution in [3.63, 3.8) is 0 Å². The number of hydrogen-bond donors (Lipinski definition) is 0. The molecule has 176 valence electrons. The summed E-state index contributed by atoms with van der Waals surface area (Å²) < 4.78 is 25.5. The molecule has 0 heterocycles. The molecule has 1 amide bonds. The number of hydrogen-bond acceptors (Lipinski definition) is 7. The van der Waals surface area contributed by atoms with Crippen molar-refractivity contribution in [2.24, 2.45) is 0 Å². The molecular weight excluding hydrogens is 556 g/mol. The average molecular weight is 586 g/mol. The highest BCUT2D eigenvalue weighted by Gasteiger charge is 2.31. The van der Waals surface area contributed by atoms with E-state index in [1.807, 2.05) is 19.0 Å². The fourth-order valence-electron chi connectivity index (χ4n) is 3.02. The van der Waals surface area contributed by atoms with E-state index in [0.717, 1.165) is 12.6 Å². The molecule has 1 rings (SSSR count). The second kappa shape index (κ2) is 12.7. The van der Waals surface area contributed by atoms with E-state index < -0.39 is 26.4 Å². The number of alkyl halides is 2. The summed E-state index contributed by atoms with van der Waals surface area (Å²) >= 11 is 6.73. The molecule has 0 bridgehead atoms.